The molecule has 0 unspecified atom stereocenters. The van der Waals surface area contributed by atoms with E-state index in [1.54, 1.807) is 11.6 Å². The van der Waals surface area contributed by atoms with E-state index in [-0.39, 0.29) is 23.8 Å². The van der Waals surface area contributed by atoms with Gasteiger partial charge in [-0.25, -0.2) is 4.68 Å². The normalized spacial score (nSPS) is 23.9. The van der Waals surface area contributed by atoms with Crippen molar-refractivity contribution in [2.75, 3.05) is 26.2 Å². The summed E-state index contributed by atoms with van der Waals surface area (Å²) in [7, 11) is 0. The number of piperidine rings is 2. The highest BCUT2D eigenvalue weighted by Crippen LogP contribution is 2.39. The van der Waals surface area contributed by atoms with Crippen LogP contribution < -0.4 is 0 Å². The summed E-state index contributed by atoms with van der Waals surface area (Å²) in [4.78, 5) is 29.0. The fourth-order valence-corrected chi connectivity index (χ4v) is 4.10. The first-order valence-electron chi connectivity index (χ1n) is 9.67. The number of carbonyl (C=O) groups is 2. The van der Waals surface area contributed by atoms with Crippen molar-refractivity contribution >= 4 is 11.8 Å². The summed E-state index contributed by atoms with van der Waals surface area (Å²) in [5.74, 6) is 1.56. The van der Waals surface area contributed by atoms with Crippen LogP contribution in [0.1, 0.15) is 51.8 Å². The Morgan fingerprint density at radius 1 is 1.27 bits per heavy atom. The van der Waals surface area contributed by atoms with Gasteiger partial charge in [0.25, 0.3) is 0 Å². The molecule has 3 heterocycles. The smallest absolute Gasteiger partial charge is 0.244 e. The van der Waals surface area contributed by atoms with E-state index < -0.39 is 0 Å². The molecule has 1 spiro atoms. The summed E-state index contributed by atoms with van der Waals surface area (Å²) in [5.41, 5.74) is 0.0501. The molecule has 2 aliphatic rings. The Balaban J connectivity index is 1.63. The number of nitrogens with zero attached hydrogens (tertiary/aromatic N) is 6. The summed E-state index contributed by atoms with van der Waals surface area (Å²) in [6, 6.07) is 0. The molecule has 2 fully saturated rings. The van der Waals surface area contributed by atoms with Crippen molar-refractivity contribution in [1.29, 1.82) is 0 Å². The standard InChI is InChI=1S/C18H30N6O2/c1-14(2)6-10-23-13-18(8-5-16(23)25)7-4-9-22(12-18)17(26)11-24-15(3)19-20-21-24/h14H,4-13H2,1-3H3/t18-/m1/s1. The molecule has 0 saturated carbocycles. The fraction of sp³-hybridized carbons (Fsp3) is 0.833. The maximum absolute atomic E-state index is 12.7. The van der Waals surface area contributed by atoms with Crippen LogP contribution in [-0.4, -0.2) is 68.0 Å². The molecule has 2 saturated heterocycles. The predicted molar refractivity (Wildman–Crippen MR) is 96.1 cm³/mol. The zero-order chi connectivity index (χ0) is 18.7. The van der Waals surface area contributed by atoms with Crippen LogP contribution in [0, 0.1) is 18.3 Å². The molecule has 8 heteroatoms. The van der Waals surface area contributed by atoms with Crippen LogP contribution in [0.15, 0.2) is 0 Å². The SMILES string of the molecule is Cc1nnnn1CC(=O)N1CCC[C@@]2(CCC(=O)N(CCC(C)C)C2)C1. The molecule has 1 aromatic heterocycles. The van der Waals surface area contributed by atoms with Gasteiger partial charge in [0.15, 0.2) is 0 Å². The third-order valence-corrected chi connectivity index (χ3v) is 5.73. The van der Waals surface area contributed by atoms with Crippen molar-refractivity contribution in [2.24, 2.45) is 11.3 Å². The maximum atomic E-state index is 12.7. The lowest BCUT2D eigenvalue weighted by Gasteiger charge is -2.48. The van der Waals surface area contributed by atoms with E-state index in [2.05, 4.69) is 29.4 Å². The highest BCUT2D eigenvalue weighted by Gasteiger charge is 2.42. The Bertz CT molecular complexity index is 658. The van der Waals surface area contributed by atoms with Gasteiger partial charge in [0, 0.05) is 38.0 Å². The van der Waals surface area contributed by atoms with E-state index >= 15 is 0 Å². The monoisotopic (exact) mass is 362 g/mol. The van der Waals surface area contributed by atoms with Gasteiger partial charge < -0.3 is 9.80 Å². The number of aryl methyl sites for hydroxylation is 1. The van der Waals surface area contributed by atoms with Gasteiger partial charge in [-0.1, -0.05) is 13.8 Å². The second kappa shape index (κ2) is 7.72. The van der Waals surface area contributed by atoms with Crippen molar-refractivity contribution in [3.63, 3.8) is 0 Å². The first-order chi connectivity index (χ1) is 12.4. The Morgan fingerprint density at radius 3 is 2.77 bits per heavy atom. The lowest BCUT2D eigenvalue weighted by atomic mass is 9.73. The van der Waals surface area contributed by atoms with Crippen molar-refractivity contribution in [3.8, 4) is 0 Å². The molecule has 0 N–H and O–H groups in total. The van der Waals surface area contributed by atoms with Gasteiger partial charge in [-0.15, -0.1) is 5.10 Å². The summed E-state index contributed by atoms with van der Waals surface area (Å²) in [5, 5.41) is 11.3. The second-order valence-electron chi connectivity index (χ2n) is 8.30. The van der Waals surface area contributed by atoms with Gasteiger partial charge in [0.05, 0.1) is 0 Å². The van der Waals surface area contributed by atoms with E-state index in [9.17, 15) is 9.59 Å². The molecule has 1 atom stereocenters. The summed E-state index contributed by atoms with van der Waals surface area (Å²) >= 11 is 0. The Labute approximate surface area is 154 Å². The first kappa shape index (κ1) is 18.8. The Hall–Kier alpha value is -1.99. The van der Waals surface area contributed by atoms with E-state index in [0.29, 0.717) is 18.2 Å². The number of likely N-dealkylation sites (tertiary alicyclic amines) is 2. The van der Waals surface area contributed by atoms with Crippen molar-refractivity contribution in [2.45, 2.75) is 59.4 Å². The quantitative estimate of drug-likeness (QED) is 0.787. The molecular formula is C18H30N6O2. The highest BCUT2D eigenvalue weighted by molar-refractivity contribution is 5.78. The van der Waals surface area contributed by atoms with Gasteiger partial charge in [0.1, 0.15) is 12.4 Å². The minimum absolute atomic E-state index is 0.0501. The number of hydrogen-bond acceptors (Lipinski definition) is 5. The van der Waals surface area contributed by atoms with E-state index in [4.69, 9.17) is 0 Å². The van der Waals surface area contributed by atoms with E-state index in [0.717, 1.165) is 51.9 Å². The molecule has 1 aromatic rings. The molecule has 0 aromatic carbocycles. The third kappa shape index (κ3) is 4.22. The molecule has 0 bridgehead atoms. The molecule has 26 heavy (non-hydrogen) atoms. The number of rotatable bonds is 5. The second-order valence-corrected chi connectivity index (χ2v) is 8.30. The van der Waals surface area contributed by atoms with Crippen LogP contribution in [0.4, 0.5) is 0 Å². The van der Waals surface area contributed by atoms with E-state index in [1.165, 1.54) is 0 Å². The lowest BCUT2D eigenvalue weighted by molar-refractivity contribution is -0.143. The predicted octanol–water partition coefficient (Wildman–Crippen LogP) is 1.26. The minimum Gasteiger partial charge on any atom is -0.342 e. The molecule has 0 radical (unpaired) electrons. The summed E-state index contributed by atoms with van der Waals surface area (Å²) < 4.78 is 1.54. The highest BCUT2D eigenvalue weighted by atomic mass is 16.2. The number of tetrazole rings is 1. The van der Waals surface area contributed by atoms with Crippen LogP contribution in [0.5, 0.6) is 0 Å². The summed E-state index contributed by atoms with van der Waals surface area (Å²) in [6.07, 6.45) is 4.60. The molecule has 2 amide bonds. The van der Waals surface area contributed by atoms with Crippen molar-refractivity contribution < 1.29 is 9.59 Å². The topological polar surface area (TPSA) is 84.2 Å². The van der Waals surface area contributed by atoms with Crippen LogP contribution in [0.2, 0.25) is 0 Å². The molecule has 2 aliphatic heterocycles. The average molecular weight is 362 g/mol. The van der Waals surface area contributed by atoms with E-state index in [1.807, 2.05) is 9.80 Å². The lowest BCUT2D eigenvalue weighted by Crippen LogP contribution is -2.55. The number of carbonyl (C=O) groups excluding carboxylic acids is 2. The molecule has 8 nitrogen and oxygen atoms in total. The van der Waals surface area contributed by atoms with Crippen LogP contribution in [0.25, 0.3) is 0 Å². The number of hydrogen-bond donors (Lipinski definition) is 0. The average Bonchev–Trinajstić information content (AvgIpc) is 3.01. The van der Waals surface area contributed by atoms with Gasteiger partial charge in [-0.05, 0) is 49.0 Å². The Kier molecular flexibility index (Phi) is 5.58. The molecule has 144 valence electrons. The number of aromatic nitrogens is 4. The molecule has 3 rings (SSSR count). The Morgan fingerprint density at radius 2 is 2.08 bits per heavy atom. The molecule has 0 aliphatic carbocycles. The van der Waals surface area contributed by atoms with Crippen molar-refractivity contribution in [1.82, 2.24) is 30.0 Å². The maximum Gasteiger partial charge on any atom is 0.244 e. The largest absolute Gasteiger partial charge is 0.342 e. The number of amides is 2. The van der Waals surface area contributed by atoms with Gasteiger partial charge in [0.2, 0.25) is 11.8 Å². The molecular weight excluding hydrogens is 332 g/mol. The van der Waals surface area contributed by atoms with Gasteiger partial charge in [-0.3, -0.25) is 9.59 Å². The van der Waals surface area contributed by atoms with Crippen LogP contribution in [0.3, 0.4) is 0 Å². The van der Waals surface area contributed by atoms with Crippen LogP contribution >= 0.6 is 0 Å². The minimum atomic E-state index is 0.0501. The van der Waals surface area contributed by atoms with Crippen molar-refractivity contribution in [3.05, 3.63) is 5.82 Å². The van der Waals surface area contributed by atoms with Crippen LogP contribution in [-0.2, 0) is 16.1 Å². The van der Waals surface area contributed by atoms with Gasteiger partial charge in [-0.2, -0.15) is 0 Å². The first-order valence-corrected chi connectivity index (χ1v) is 9.67. The fourth-order valence-electron chi connectivity index (χ4n) is 4.10. The zero-order valence-corrected chi connectivity index (χ0v) is 16.1. The zero-order valence-electron chi connectivity index (χ0n) is 16.1. The van der Waals surface area contributed by atoms with Gasteiger partial charge >= 0.3 is 0 Å². The third-order valence-electron chi connectivity index (χ3n) is 5.73. The summed E-state index contributed by atoms with van der Waals surface area (Å²) in [6.45, 7) is 9.48.